The lowest BCUT2D eigenvalue weighted by atomic mass is 10.1. The fraction of sp³-hybridized carbons (Fsp3) is 0.357. The van der Waals surface area contributed by atoms with Gasteiger partial charge in [-0.1, -0.05) is 24.3 Å². The smallest absolute Gasteiger partial charge is 0.326 e. The molecule has 7 heteroatoms. The molecule has 114 valence electrons. The molecule has 0 aliphatic carbocycles. The molecule has 1 rings (SSSR count). The van der Waals surface area contributed by atoms with Gasteiger partial charge in [-0.3, -0.25) is 4.79 Å². The number of aryl methyl sites for hydroxylation is 1. The van der Waals surface area contributed by atoms with E-state index in [4.69, 9.17) is 10.8 Å². The highest BCUT2D eigenvalue weighted by atomic mass is 16.4. The maximum absolute atomic E-state index is 11.6. The number of urea groups is 1. The van der Waals surface area contributed by atoms with Crippen molar-refractivity contribution in [3.8, 4) is 0 Å². The molecular weight excluding hydrogens is 274 g/mol. The predicted molar refractivity (Wildman–Crippen MR) is 76.7 cm³/mol. The third-order valence-corrected chi connectivity index (χ3v) is 2.95. The number of carboxylic acids is 1. The van der Waals surface area contributed by atoms with Crippen molar-refractivity contribution in [1.82, 2.24) is 10.6 Å². The minimum atomic E-state index is -1.32. The van der Waals surface area contributed by atoms with Gasteiger partial charge in [0, 0.05) is 6.54 Å². The van der Waals surface area contributed by atoms with Crippen LogP contribution in [0.3, 0.4) is 0 Å². The Labute approximate surface area is 122 Å². The normalized spacial score (nSPS) is 11.5. The van der Waals surface area contributed by atoms with Gasteiger partial charge in [0.15, 0.2) is 0 Å². The first-order valence-corrected chi connectivity index (χ1v) is 6.50. The van der Waals surface area contributed by atoms with Crippen LogP contribution in [0.5, 0.6) is 0 Å². The summed E-state index contributed by atoms with van der Waals surface area (Å²) in [5.41, 5.74) is 7.15. The van der Waals surface area contributed by atoms with Crippen molar-refractivity contribution < 1.29 is 19.5 Å². The minimum absolute atomic E-state index is 0.361. The quantitative estimate of drug-likeness (QED) is 0.572. The van der Waals surface area contributed by atoms with Crippen molar-refractivity contribution in [3.05, 3.63) is 35.4 Å². The lowest BCUT2D eigenvalue weighted by Gasteiger charge is -2.14. The van der Waals surface area contributed by atoms with Gasteiger partial charge >= 0.3 is 12.0 Å². The molecule has 0 spiro atoms. The van der Waals surface area contributed by atoms with Gasteiger partial charge in [0.05, 0.1) is 6.42 Å². The molecule has 0 heterocycles. The van der Waals surface area contributed by atoms with Crippen LogP contribution in [0.2, 0.25) is 0 Å². The first kappa shape index (κ1) is 16.5. The van der Waals surface area contributed by atoms with E-state index in [-0.39, 0.29) is 0 Å². The van der Waals surface area contributed by atoms with Crippen molar-refractivity contribution in [1.29, 1.82) is 0 Å². The monoisotopic (exact) mass is 293 g/mol. The third kappa shape index (κ3) is 5.94. The molecular formula is C14H19N3O4. The van der Waals surface area contributed by atoms with Gasteiger partial charge in [-0.2, -0.15) is 0 Å². The van der Waals surface area contributed by atoms with E-state index < -0.39 is 30.4 Å². The number of nitrogens with two attached hydrogens (primary N) is 1. The van der Waals surface area contributed by atoms with Crippen molar-refractivity contribution in [3.63, 3.8) is 0 Å². The first-order chi connectivity index (χ1) is 9.90. The Hall–Kier alpha value is -2.57. The van der Waals surface area contributed by atoms with Crippen LogP contribution in [0.15, 0.2) is 24.3 Å². The number of benzene rings is 1. The zero-order valence-electron chi connectivity index (χ0n) is 11.8. The number of amides is 3. The standard InChI is InChI=1S/C14H19N3O4/c1-9-4-2-3-5-10(9)6-7-16-14(21)17-11(13(19)20)8-12(15)18/h2-5,11H,6-8H2,1H3,(H2,15,18)(H,19,20)(H2,16,17,21). The van der Waals surface area contributed by atoms with Crippen LogP contribution in [0.1, 0.15) is 17.5 Å². The molecule has 0 saturated heterocycles. The molecule has 5 N–H and O–H groups in total. The van der Waals surface area contributed by atoms with Gasteiger partial charge in [-0.25, -0.2) is 9.59 Å². The molecule has 0 aromatic heterocycles. The highest BCUT2D eigenvalue weighted by Gasteiger charge is 2.21. The van der Waals surface area contributed by atoms with E-state index in [0.717, 1.165) is 11.1 Å². The Balaban J connectivity index is 2.41. The lowest BCUT2D eigenvalue weighted by molar-refractivity contribution is -0.140. The number of hydrogen-bond acceptors (Lipinski definition) is 3. The topological polar surface area (TPSA) is 122 Å². The van der Waals surface area contributed by atoms with Crippen LogP contribution in [0.4, 0.5) is 4.79 Å². The highest BCUT2D eigenvalue weighted by Crippen LogP contribution is 2.06. The summed E-state index contributed by atoms with van der Waals surface area (Å²) < 4.78 is 0. The second-order valence-electron chi connectivity index (χ2n) is 4.64. The van der Waals surface area contributed by atoms with E-state index in [1.807, 2.05) is 31.2 Å². The molecule has 0 radical (unpaired) electrons. The summed E-state index contributed by atoms with van der Waals surface area (Å²) in [6.45, 7) is 2.34. The Morgan fingerprint density at radius 3 is 2.52 bits per heavy atom. The van der Waals surface area contributed by atoms with Gasteiger partial charge in [0.2, 0.25) is 5.91 Å². The Kier molecular flexibility index (Phi) is 6.19. The van der Waals surface area contributed by atoms with Crippen LogP contribution >= 0.6 is 0 Å². The van der Waals surface area contributed by atoms with Crippen LogP contribution < -0.4 is 16.4 Å². The molecule has 3 amide bonds. The first-order valence-electron chi connectivity index (χ1n) is 6.50. The summed E-state index contributed by atoms with van der Waals surface area (Å²) in [6.07, 6.45) is 0.189. The van der Waals surface area contributed by atoms with E-state index in [0.29, 0.717) is 13.0 Å². The number of carbonyl (C=O) groups excluding carboxylic acids is 2. The van der Waals surface area contributed by atoms with E-state index in [9.17, 15) is 14.4 Å². The molecule has 0 aliphatic heterocycles. The van der Waals surface area contributed by atoms with Gasteiger partial charge in [-0.05, 0) is 24.5 Å². The number of carbonyl (C=O) groups is 3. The fourth-order valence-corrected chi connectivity index (χ4v) is 1.81. The molecule has 1 unspecified atom stereocenters. The largest absolute Gasteiger partial charge is 0.480 e. The van der Waals surface area contributed by atoms with Crippen molar-refractivity contribution in [2.75, 3.05) is 6.54 Å². The summed E-state index contributed by atoms with van der Waals surface area (Å²) in [7, 11) is 0. The summed E-state index contributed by atoms with van der Waals surface area (Å²) in [4.78, 5) is 33.2. The maximum atomic E-state index is 11.6. The number of nitrogens with one attached hydrogen (secondary N) is 2. The van der Waals surface area contributed by atoms with Gasteiger partial charge in [0.1, 0.15) is 6.04 Å². The summed E-state index contributed by atoms with van der Waals surface area (Å²) >= 11 is 0. The number of carboxylic acid groups (broad SMARTS) is 1. The molecule has 0 aliphatic rings. The van der Waals surface area contributed by atoms with Crippen LogP contribution in [-0.2, 0) is 16.0 Å². The summed E-state index contributed by atoms with van der Waals surface area (Å²) in [6, 6.07) is 5.82. The van der Waals surface area contributed by atoms with Crippen molar-refractivity contribution >= 4 is 17.9 Å². The van der Waals surface area contributed by atoms with Crippen molar-refractivity contribution in [2.45, 2.75) is 25.8 Å². The Morgan fingerprint density at radius 1 is 1.29 bits per heavy atom. The van der Waals surface area contributed by atoms with E-state index in [1.165, 1.54) is 0 Å². The van der Waals surface area contributed by atoms with E-state index in [1.54, 1.807) is 0 Å². The zero-order valence-corrected chi connectivity index (χ0v) is 11.8. The SMILES string of the molecule is Cc1ccccc1CCNC(=O)NC(CC(N)=O)C(=O)O. The average molecular weight is 293 g/mol. The number of hydrogen-bond donors (Lipinski definition) is 4. The van der Waals surface area contributed by atoms with E-state index in [2.05, 4.69) is 10.6 Å². The van der Waals surface area contributed by atoms with Gasteiger partial charge in [-0.15, -0.1) is 0 Å². The molecule has 7 nitrogen and oxygen atoms in total. The van der Waals surface area contributed by atoms with E-state index >= 15 is 0 Å². The molecule has 1 atom stereocenters. The Morgan fingerprint density at radius 2 is 1.95 bits per heavy atom. The minimum Gasteiger partial charge on any atom is -0.480 e. The molecule has 0 fully saturated rings. The van der Waals surface area contributed by atoms with Crippen molar-refractivity contribution in [2.24, 2.45) is 5.73 Å². The zero-order chi connectivity index (χ0) is 15.8. The van der Waals surface area contributed by atoms with Crippen LogP contribution in [-0.4, -0.2) is 35.6 Å². The molecule has 1 aromatic carbocycles. The highest BCUT2D eigenvalue weighted by molar-refractivity contribution is 5.87. The number of aliphatic carboxylic acids is 1. The average Bonchev–Trinajstić information content (AvgIpc) is 2.39. The number of primary amides is 1. The maximum Gasteiger partial charge on any atom is 0.326 e. The Bertz CT molecular complexity index is 531. The summed E-state index contributed by atoms with van der Waals surface area (Å²) in [5.74, 6) is -2.09. The fourth-order valence-electron chi connectivity index (χ4n) is 1.81. The predicted octanol–water partition coefficient (Wildman–Crippen LogP) is 0.165. The molecule has 1 aromatic rings. The molecule has 0 bridgehead atoms. The number of rotatable bonds is 7. The molecule has 21 heavy (non-hydrogen) atoms. The second-order valence-corrected chi connectivity index (χ2v) is 4.64. The van der Waals surface area contributed by atoms with Crippen LogP contribution in [0, 0.1) is 6.92 Å². The lowest BCUT2D eigenvalue weighted by Crippen LogP contribution is -2.48. The second kappa shape index (κ2) is 7.88. The van der Waals surface area contributed by atoms with Crippen LogP contribution in [0.25, 0.3) is 0 Å². The third-order valence-electron chi connectivity index (χ3n) is 2.95. The van der Waals surface area contributed by atoms with Gasteiger partial charge < -0.3 is 21.5 Å². The molecule has 0 saturated carbocycles. The summed E-state index contributed by atoms with van der Waals surface area (Å²) in [5, 5.41) is 13.6. The van der Waals surface area contributed by atoms with Gasteiger partial charge in [0.25, 0.3) is 0 Å².